The zero-order chi connectivity index (χ0) is 26.2. The third-order valence-electron chi connectivity index (χ3n) is 5.25. The van der Waals surface area contributed by atoms with Crippen LogP contribution in [0.3, 0.4) is 0 Å². The molecule has 36 heavy (non-hydrogen) atoms. The highest BCUT2D eigenvalue weighted by molar-refractivity contribution is 7.81. The fraction of sp³-hybridized carbons (Fsp3) is 0.231. The van der Waals surface area contributed by atoms with Crippen molar-refractivity contribution in [2.24, 2.45) is 0 Å². The topological polar surface area (TPSA) is 79.4 Å². The van der Waals surface area contributed by atoms with Gasteiger partial charge in [0, 0.05) is 22.5 Å². The molecule has 0 aliphatic rings. The van der Waals surface area contributed by atoms with Crippen LogP contribution in [0.5, 0.6) is 34.5 Å². The van der Waals surface area contributed by atoms with Crippen LogP contribution in [0.15, 0.2) is 48.5 Å². The van der Waals surface area contributed by atoms with E-state index in [9.17, 15) is 0 Å². The zero-order valence-corrected chi connectivity index (χ0v) is 22.5. The van der Waals surface area contributed by atoms with Gasteiger partial charge >= 0.3 is 0 Å². The van der Waals surface area contributed by atoms with E-state index in [2.05, 4.69) is 10.6 Å². The Labute approximate surface area is 221 Å². The largest absolute Gasteiger partial charge is 0.493 e. The Morgan fingerprint density at radius 2 is 0.778 bits per heavy atom. The molecule has 0 amide bonds. The van der Waals surface area contributed by atoms with Gasteiger partial charge in [-0.05, 0) is 48.5 Å². The molecule has 0 aromatic heterocycles. The van der Waals surface area contributed by atoms with Crippen molar-refractivity contribution in [1.82, 2.24) is 0 Å². The second-order valence-electron chi connectivity index (χ2n) is 7.31. The SMILES string of the molecule is COc1cc(C(=S)Nc2ccc(NC(=S)c3cc(OC)c(OC)c(OC)c3)cc2)cc(OC)c1OC. The normalized spacial score (nSPS) is 10.2. The Morgan fingerprint density at radius 1 is 0.500 bits per heavy atom. The van der Waals surface area contributed by atoms with Gasteiger partial charge in [-0.25, -0.2) is 0 Å². The maximum Gasteiger partial charge on any atom is 0.203 e. The van der Waals surface area contributed by atoms with Crippen molar-refractivity contribution in [2.75, 3.05) is 53.3 Å². The molecule has 10 heteroatoms. The summed E-state index contributed by atoms with van der Waals surface area (Å²) in [6, 6.07) is 14.7. The van der Waals surface area contributed by atoms with Crippen molar-refractivity contribution in [3.63, 3.8) is 0 Å². The lowest BCUT2D eigenvalue weighted by atomic mass is 10.1. The quantitative estimate of drug-likeness (QED) is 0.338. The Kier molecular flexibility index (Phi) is 9.15. The molecule has 0 unspecified atom stereocenters. The fourth-order valence-corrected chi connectivity index (χ4v) is 3.94. The smallest absolute Gasteiger partial charge is 0.203 e. The molecule has 190 valence electrons. The van der Waals surface area contributed by atoms with Crippen molar-refractivity contribution in [1.29, 1.82) is 0 Å². The van der Waals surface area contributed by atoms with Crippen LogP contribution in [-0.2, 0) is 0 Å². The summed E-state index contributed by atoms with van der Waals surface area (Å²) in [4.78, 5) is 1.01. The molecule has 3 aromatic carbocycles. The van der Waals surface area contributed by atoms with Crippen molar-refractivity contribution in [2.45, 2.75) is 0 Å². The summed E-state index contributed by atoms with van der Waals surface area (Å²) in [5.41, 5.74) is 3.06. The van der Waals surface area contributed by atoms with Gasteiger partial charge in [0.15, 0.2) is 23.0 Å². The molecule has 0 radical (unpaired) electrons. The molecule has 0 saturated carbocycles. The molecule has 3 aromatic rings. The van der Waals surface area contributed by atoms with Crippen LogP contribution in [0.25, 0.3) is 0 Å². The summed E-state index contributed by atoms with van der Waals surface area (Å²) in [5.74, 6) is 3.11. The number of rotatable bonds is 10. The van der Waals surface area contributed by atoms with Crippen LogP contribution in [0.4, 0.5) is 11.4 Å². The minimum Gasteiger partial charge on any atom is -0.493 e. The molecule has 2 N–H and O–H groups in total. The van der Waals surface area contributed by atoms with E-state index in [1.807, 2.05) is 24.3 Å². The third-order valence-corrected chi connectivity index (χ3v) is 5.93. The molecule has 0 fully saturated rings. The summed E-state index contributed by atoms with van der Waals surface area (Å²) >= 11 is 11.2. The predicted octanol–water partition coefficient (Wildman–Crippen LogP) is 5.31. The van der Waals surface area contributed by atoms with Crippen LogP contribution < -0.4 is 39.1 Å². The van der Waals surface area contributed by atoms with Crippen molar-refractivity contribution >= 4 is 45.8 Å². The monoisotopic (exact) mass is 528 g/mol. The summed E-state index contributed by atoms with van der Waals surface area (Å²) in [6.07, 6.45) is 0. The van der Waals surface area contributed by atoms with Crippen LogP contribution in [0, 0.1) is 0 Å². The number of hydrogen-bond donors (Lipinski definition) is 2. The maximum atomic E-state index is 5.60. The number of nitrogens with one attached hydrogen (secondary N) is 2. The van der Waals surface area contributed by atoms with E-state index in [1.165, 1.54) is 0 Å². The van der Waals surface area contributed by atoms with Crippen LogP contribution in [0.1, 0.15) is 11.1 Å². The average molecular weight is 529 g/mol. The van der Waals surface area contributed by atoms with E-state index in [1.54, 1.807) is 66.9 Å². The van der Waals surface area contributed by atoms with Gasteiger partial charge in [-0.15, -0.1) is 0 Å². The Bertz CT molecular complexity index is 1100. The van der Waals surface area contributed by atoms with Gasteiger partial charge in [0.2, 0.25) is 11.5 Å². The number of hydrogen-bond acceptors (Lipinski definition) is 8. The highest BCUT2D eigenvalue weighted by Crippen LogP contribution is 2.39. The first-order valence-electron chi connectivity index (χ1n) is 10.7. The fourth-order valence-electron chi connectivity index (χ4n) is 3.47. The number of benzene rings is 3. The van der Waals surface area contributed by atoms with Gasteiger partial charge in [0.1, 0.15) is 9.98 Å². The number of thiocarbonyl (C=S) groups is 2. The summed E-state index contributed by atoms with van der Waals surface area (Å²) in [6.45, 7) is 0. The lowest BCUT2D eigenvalue weighted by Gasteiger charge is -2.16. The summed E-state index contributed by atoms with van der Waals surface area (Å²) < 4.78 is 32.4. The Hall–Kier alpha value is -3.76. The molecule has 0 spiro atoms. The van der Waals surface area contributed by atoms with Gasteiger partial charge in [-0.2, -0.15) is 0 Å². The van der Waals surface area contributed by atoms with Crippen molar-refractivity contribution in [3.8, 4) is 34.5 Å². The highest BCUT2D eigenvalue weighted by atomic mass is 32.1. The molecule has 0 heterocycles. The molecular weight excluding hydrogens is 500 g/mol. The van der Waals surface area contributed by atoms with Gasteiger partial charge in [0.05, 0.1) is 42.7 Å². The van der Waals surface area contributed by atoms with Gasteiger partial charge in [-0.3, -0.25) is 0 Å². The van der Waals surface area contributed by atoms with Gasteiger partial charge in [0.25, 0.3) is 0 Å². The second-order valence-corrected chi connectivity index (χ2v) is 8.13. The van der Waals surface area contributed by atoms with Crippen molar-refractivity contribution < 1.29 is 28.4 Å². The molecule has 3 rings (SSSR count). The van der Waals surface area contributed by atoms with E-state index in [-0.39, 0.29) is 0 Å². The number of anilines is 2. The first kappa shape index (κ1) is 26.8. The summed E-state index contributed by atoms with van der Waals surface area (Å²) in [5, 5.41) is 6.45. The standard InChI is InChI=1S/C26H28N2O6S2/c1-29-19-11-15(12-20(30-2)23(19)33-5)25(35)27-17-7-9-18(10-8-17)28-26(36)16-13-21(31-3)24(34-6)22(14-16)32-4/h7-14H,1-6H3,(H,27,35)(H,28,36). The zero-order valence-electron chi connectivity index (χ0n) is 20.9. The lowest BCUT2D eigenvalue weighted by Crippen LogP contribution is -2.13. The first-order valence-corrected chi connectivity index (χ1v) is 11.5. The highest BCUT2D eigenvalue weighted by Gasteiger charge is 2.17. The molecule has 0 bridgehead atoms. The lowest BCUT2D eigenvalue weighted by molar-refractivity contribution is 0.324. The Balaban J connectivity index is 1.74. The molecule has 0 aliphatic carbocycles. The Morgan fingerprint density at radius 3 is 1.00 bits per heavy atom. The molecule has 0 saturated heterocycles. The van der Waals surface area contributed by atoms with Gasteiger partial charge in [-0.1, -0.05) is 24.4 Å². The number of ether oxygens (including phenoxy) is 6. The van der Waals surface area contributed by atoms with E-state index in [4.69, 9.17) is 52.9 Å². The van der Waals surface area contributed by atoms with Crippen molar-refractivity contribution in [3.05, 3.63) is 59.7 Å². The molecule has 8 nitrogen and oxygen atoms in total. The molecular formula is C26H28N2O6S2. The predicted molar refractivity (Wildman–Crippen MR) is 149 cm³/mol. The maximum absolute atomic E-state index is 5.60. The minimum atomic E-state index is 0.503. The van der Waals surface area contributed by atoms with Crippen LogP contribution in [-0.4, -0.2) is 52.6 Å². The minimum absolute atomic E-state index is 0.503. The third kappa shape index (κ3) is 5.89. The first-order chi connectivity index (χ1) is 17.4. The van der Waals surface area contributed by atoms with E-state index >= 15 is 0 Å². The molecule has 0 aliphatic heterocycles. The van der Waals surface area contributed by atoms with Gasteiger partial charge < -0.3 is 39.1 Å². The average Bonchev–Trinajstić information content (AvgIpc) is 2.91. The van der Waals surface area contributed by atoms with Crippen LogP contribution in [0.2, 0.25) is 0 Å². The second kappa shape index (κ2) is 12.3. The number of methoxy groups -OCH3 is 6. The summed E-state index contributed by atoms with van der Waals surface area (Å²) in [7, 11) is 9.36. The van der Waals surface area contributed by atoms with E-state index in [0.29, 0.717) is 44.5 Å². The van der Waals surface area contributed by atoms with E-state index < -0.39 is 0 Å². The molecule has 0 atom stereocenters. The van der Waals surface area contributed by atoms with E-state index in [0.717, 1.165) is 22.5 Å². The van der Waals surface area contributed by atoms with Crippen LogP contribution >= 0.6 is 24.4 Å².